The van der Waals surface area contributed by atoms with E-state index < -0.39 is 47.3 Å². The molecule has 8 heterocycles. The van der Waals surface area contributed by atoms with Crippen LogP contribution in [0.25, 0.3) is 0 Å². The fourth-order valence-electron chi connectivity index (χ4n) is 8.97. The van der Waals surface area contributed by atoms with E-state index in [1.807, 2.05) is 19.0 Å². The summed E-state index contributed by atoms with van der Waals surface area (Å²) in [6.07, 6.45) is 14.0. The summed E-state index contributed by atoms with van der Waals surface area (Å²) < 4.78 is 11.8. The molecule has 88 heavy (non-hydrogen) atoms. The molecule has 462 valence electrons. The summed E-state index contributed by atoms with van der Waals surface area (Å²) in [6.45, 7) is 1.40. The van der Waals surface area contributed by atoms with Gasteiger partial charge < -0.3 is 94.6 Å². The summed E-state index contributed by atoms with van der Waals surface area (Å²) in [5, 5.41) is 27.1. The standard InChI is InChI=1S/C55H67N23O10/c1-70(2)18-16-56-42(79)13-15-59-48(81)35-21-32(25-72(35)4)61-50(83)37-23-34(27-74(37)6)63-51(84)38-22-33(26-75(38)7)62-49(82)36-20-31(24-73(36)5)60-43(80)12-11-14-58-52(85)45-64-39(28-76(45)8)68-54(87)47-66-41(30-78(47)10)69-55(88)46-65-40(29-77(46)9)67-53(86)44-57-17-19-71(44)3/h17,19-30H,11-16,18H2,1-10H3,(H,56,79)(H,58,85)(H,59,81)(H,60,80)(H,61,83)(H,62,82)(H,63,84)(H,67,86)(H,68,87)(H,69,88). The minimum atomic E-state index is -0.694. The van der Waals surface area contributed by atoms with E-state index in [9.17, 15) is 47.9 Å². The van der Waals surface area contributed by atoms with Crippen molar-refractivity contribution in [3.05, 3.63) is 126 Å². The van der Waals surface area contributed by atoms with Gasteiger partial charge in [-0.3, -0.25) is 47.9 Å². The predicted molar refractivity (Wildman–Crippen MR) is 321 cm³/mol. The van der Waals surface area contributed by atoms with Crippen molar-refractivity contribution in [3.8, 4) is 0 Å². The van der Waals surface area contributed by atoms with Crippen LogP contribution in [0.3, 0.4) is 0 Å². The Morgan fingerprint density at radius 1 is 0.375 bits per heavy atom. The van der Waals surface area contributed by atoms with Crippen molar-refractivity contribution in [1.82, 2.24) is 77.3 Å². The first-order chi connectivity index (χ1) is 41.8. The third-order valence-electron chi connectivity index (χ3n) is 13.4. The number of carbonyl (C=O) groups is 10. The molecule has 0 saturated carbocycles. The number of anilines is 7. The number of imidazole rings is 4. The highest BCUT2D eigenvalue weighted by molar-refractivity contribution is 6.10. The van der Waals surface area contributed by atoms with Gasteiger partial charge in [0.25, 0.3) is 47.3 Å². The molecule has 0 fully saturated rings. The van der Waals surface area contributed by atoms with Crippen molar-refractivity contribution in [2.24, 2.45) is 56.4 Å². The lowest BCUT2D eigenvalue weighted by molar-refractivity contribution is -0.121. The molecule has 0 radical (unpaired) electrons. The van der Waals surface area contributed by atoms with Crippen LogP contribution in [0.2, 0.25) is 0 Å². The Kier molecular flexibility index (Phi) is 19.3. The first-order valence-corrected chi connectivity index (χ1v) is 27.2. The van der Waals surface area contributed by atoms with Crippen LogP contribution in [-0.4, -0.2) is 161 Å². The summed E-state index contributed by atoms with van der Waals surface area (Å²) >= 11 is 0. The summed E-state index contributed by atoms with van der Waals surface area (Å²) in [6, 6.07) is 5.96. The molecule has 0 spiro atoms. The molecule has 0 aliphatic rings. The van der Waals surface area contributed by atoms with Crippen molar-refractivity contribution in [1.29, 1.82) is 0 Å². The van der Waals surface area contributed by atoms with E-state index in [0.717, 1.165) is 0 Å². The van der Waals surface area contributed by atoms with Crippen LogP contribution in [0.15, 0.2) is 80.0 Å². The van der Waals surface area contributed by atoms with Crippen LogP contribution in [0.1, 0.15) is 104 Å². The normalized spacial score (nSPS) is 11.0. The van der Waals surface area contributed by atoms with E-state index in [0.29, 0.717) is 35.8 Å². The molecule has 10 amide bonds. The van der Waals surface area contributed by atoms with Gasteiger partial charge in [-0.15, -0.1) is 0 Å². The second-order valence-corrected chi connectivity index (χ2v) is 20.7. The second-order valence-electron chi connectivity index (χ2n) is 20.7. The van der Waals surface area contributed by atoms with Gasteiger partial charge in [0, 0.05) is 151 Å². The van der Waals surface area contributed by atoms with E-state index in [-0.39, 0.29) is 108 Å². The van der Waals surface area contributed by atoms with Gasteiger partial charge in [-0.2, -0.15) is 0 Å². The number of aryl methyl sites for hydroxylation is 8. The monoisotopic (exact) mass is 1210 g/mol. The Balaban J connectivity index is 0.751. The predicted octanol–water partition coefficient (Wildman–Crippen LogP) is 1.43. The maximum atomic E-state index is 13.5. The molecule has 8 aromatic heterocycles. The molecular weight excluding hydrogens is 1140 g/mol. The molecule has 0 aromatic carbocycles. The highest BCUT2D eigenvalue weighted by Gasteiger charge is 2.24. The van der Waals surface area contributed by atoms with Crippen LogP contribution in [0.4, 0.5) is 40.2 Å². The number of likely N-dealkylation sites (N-methyl/N-ethyl adjacent to an activating group) is 1. The van der Waals surface area contributed by atoms with E-state index >= 15 is 0 Å². The Bertz CT molecular complexity index is 4010. The fraction of sp³-hybridized carbons (Fsp3) is 0.309. The quantitative estimate of drug-likeness (QED) is 0.0362. The number of nitrogens with zero attached hydrogens (tertiary/aromatic N) is 13. The number of hydrogen-bond acceptors (Lipinski definition) is 15. The summed E-state index contributed by atoms with van der Waals surface area (Å²) in [7, 11) is 16.7. The largest absolute Gasteiger partial charge is 0.355 e. The van der Waals surface area contributed by atoms with E-state index in [2.05, 4.69) is 73.1 Å². The van der Waals surface area contributed by atoms with E-state index in [1.165, 1.54) is 81.0 Å². The lowest BCUT2D eigenvalue weighted by atomic mass is 10.3. The topological polar surface area (TPSA) is 385 Å². The second kappa shape index (κ2) is 27.1. The minimum Gasteiger partial charge on any atom is -0.355 e. The lowest BCUT2D eigenvalue weighted by Crippen LogP contribution is -2.34. The van der Waals surface area contributed by atoms with Gasteiger partial charge in [0.2, 0.25) is 29.3 Å². The summed E-state index contributed by atoms with van der Waals surface area (Å²) in [5.41, 5.74) is 2.14. The van der Waals surface area contributed by atoms with Crippen molar-refractivity contribution in [3.63, 3.8) is 0 Å². The van der Waals surface area contributed by atoms with Gasteiger partial charge in [-0.05, 0) is 44.8 Å². The van der Waals surface area contributed by atoms with Gasteiger partial charge in [0.05, 0.1) is 22.7 Å². The third kappa shape index (κ3) is 15.5. The summed E-state index contributed by atoms with van der Waals surface area (Å²) in [5.74, 6) is -4.88. The highest BCUT2D eigenvalue weighted by Crippen LogP contribution is 2.22. The molecule has 8 rings (SSSR count). The zero-order valence-corrected chi connectivity index (χ0v) is 49.9. The molecule has 33 heteroatoms. The molecule has 0 atom stereocenters. The smallest absolute Gasteiger partial charge is 0.292 e. The van der Waals surface area contributed by atoms with Crippen LogP contribution in [0, 0.1) is 0 Å². The Labute approximate surface area is 502 Å². The molecule has 8 aromatic rings. The number of hydrogen-bond donors (Lipinski definition) is 10. The first-order valence-electron chi connectivity index (χ1n) is 27.2. The van der Waals surface area contributed by atoms with Crippen molar-refractivity contribution in [2.75, 3.05) is 77.5 Å². The highest BCUT2D eigenvalue weighted by atomic mass is 16.2. The molecule has 0 bridgehead atoms. The molecular formula is C55H67N23O10. The van der Waals surface area contributed by atoms with Crippen LogP contribution >= 0.6 is 0 Å². The average molecular weight is 1210 g/mol. The third-order valence-corrected chi connectivity index (χ3v) is 13.4. The van der Waals surface area contributed by atoms with E-state index in [4.69, 9.17) is 0 Å². The first kappa shape index (κ1) is 62.7. The summed E-state index contributed by atoms with van der Waals surface area (Å²) in [4.78, 5) is 149. The fourth-order valence-corrected chi connectivity index (χ4v) is 8.97. The number of rotatable bonds is 25. The Hall–Kier alpha value is -11.4. The van der Waals surface area contributed by atoms with E-state index in [1.54, 1.807) is 91.9 Å². The van der Waals surface area contributed by atoms with Crippen molar-refractivity contribution in [2.45, 2.75) is 19.3 Å². The Morgan fingerprint density at radius 3 is 1.17 bits per heavy atom. The lowest BCUT2D eigenvalue weighted by Gasteiger charge is -2.10. The van der Waals surface area contributed by atoms with Gasteiger partial charge in [0.1, 0.15) is 22.8 Å². The van der Waals surface area contributed by atoms with Gasteiger partial charge in [-0.1, -0.05) is 0 Å². The van der Waals surface area contributed by atoms with Gasteiger partial charge in [0.15, 0.2) is 23.3 Å². The van der Waals surface area contributed by atoms with Crippen molar-refractivity contribution < 1.29 is 47.9 Å². The number of carbonyl (C=O) groups excluding carboxylic acids is 10. The minimum absolute atomic E-state index is 0.00343. The van der Waals surface area contributed by atoms with Gasteiger partial charge in [-0.25, -0.2) is 19.9 Å². The SMILES string of the molecule is CN(C)CCNC(=O)CCNC(=O)c1cc(NC(=O)c2cc(NC(=O)c3cc(NC(=O)c4cc(NC(=O)CCCNC(=O)c5nc(NC(=O)c6nc(NC(=O)c7nc(NC(=O)c8nccn8C)cn7C)cn6C)cn5C)cn4C)cn3C)cn2C)cn1C. The Morgan fingerprint density at radius 2 is 0.761 bits per heavy atom. The van der Waals surface area contributed by atoms with Crippen molar-refractivity contribution >= 4 is 99.3 Å². The maximum absolute atomic E-state index is 13.5. The van der Waals surface area contributed by atoms with Crippen LogP contribution < -0.4 is 53.2 Å². The van der Waals surface area contributed by atoms with Crippen LogP contribution in [0.5, 0.6) is 0 Å². The number of nitrogens with one attached hydrogen (secondary N) is 10. The molecule has 33 nitrogen and oxygen atoms in total. The molecule has 0 aliphatic carbocycles. The van der Waals surface area contributed by atoms with Crippen LogP contribution in [-0.2, 0) is 66.0 Å². The zero-order chi connectivity index (χ0) is 63.7. The zero-order valence-electron chi connectivity index (χ0n) is 49.9. The molecule has 10 N–H and O–H groups in total. The molecule has 0 unspecified atom stereocenters. The average Bonchev–Trinajstić information content (AvgIpc) is 3.89. The number of aromatic nitrogens is 12. The molecule has 0 aliphatic heterocycles. The molecule has 0 saturated heterocycles. The maximum Gasteiger partial charge on any atom is 0.292 e. The number of amides is 10. The van der Waals surface area contributed by atoms with Gasteiger partial charge >= 0.3 is 0 Å².